The molecule has 106 valence electrons. The number of carboxylic acid groups (broad SMARTS) is 1. The molecule has 1 unspecified atom stereocenters. The molecule has 0 aromatic heterocycles. The van der Waals surface area contributed by atoms with Crippen LogP contribution in [0.2, 0.25) is 0 Å². The Kier molecular flexibility index (Phi) is 9.17. The maximum atomic E-state index is 11.9. The van der Waals surface area contributed by atoms with Crippen LogP contribution >= 0.6 is 0 Å². The highest BCUT2D eigenvalue weighted by molar-refractivity contribution is 5.85. The zero-order chi connectivity index (χ0) is 14.0. The van der Waals surface area contributed by atoms with E-state index in [2.05, 4.69) is 0 Å². The van der Waals surface area contributed by atoms with Crippen molar-refractivity contribution in [1.29, 1.82) is 0 Å². The van der Waals surface area contributed by atoms with Gasteiger partial charge in [0.2, 0.25) is 5.91 Å². The molecule has 7 nitrogen and oxygen atoms in total. The van der Waals surface area contributed by atoms with Gasteiger partial charge >= 0.3 is 5.97 Å². The molecule has 0 aliphatic rings. The molecule has 0 saturated carbocycles. The van der Waals surface area contributed by atoms with Crippen molar-refractivity contribution in [2.45, 2.75) is 18.9 Å². The number of carbonyl (C=O) groups excluding carboxylic acids is 1. The van der Waals surface area contributed by atoms with E-state index in [9.17, 15) is 9.59 Å². The first-order chi connectivity index (χ1) is 8.52. The molecule has 0 rings (SSSR count). The van der Waals surface area contributed by atoms with Crippen LogP contribution in [-0.4, -0.2) is 68.4 Å². The molecule has 0 aliphatic carbocycles. The van der Waals surface area contributed by atoms with Crippen molar-refractivity contribution in [3.63, 3.8) is 0 Å². The third-order valence-corrected chi connectivity index (χ3v) is 2.38. The van der Waals surface area contributed by atoms with E-state index in [0.29, 0.717) is 19.4 Å². The smallest absolute Gasteiger partial charge is 0.323 e. The maximum absolute atomic E-state index is 11.9. The SMILES string of the molecule is COCCCC(N)C(=O)N(CCOC)CC(=O)O. The average molecular weight is 262 g/mol. The summed E-state index contributed by atoms with van der Waals surface area (Å²) in [4.78, 5) is 23.8. The number of amides is 1. The Balaban J connectivity index is 4.28. The average Bonchev–Trinajstić information content (AvgIpc) is 2.33. The normalized spacial score (nSPS) is 12.2. The summed E-state index contributed by atoms with van der Waals surface area (Å²) in [5.41, 5.74) is 5.73. The van der Waals surface area contributed by atoms with E-state index in [4.69, 9.17) is 20.3 Å². The number of ether oxygens (including phenoxy) is 2. The first-order valence-corrected chi connectivity index (χ1v) is 5.77. The summed E-state index contributed by atoms with van der Waals surface area (Å²) < 4.78 is 9.70. The highest BCUT2D eigenvalue weighted by Gasteiger charge is 2.22. The molecule has 0 spiro atoms. The second kappa shape index (κ2) is 9.81. The first kappa shape index (κ1) is 16.8. The fourth-order valence-corrected chi connectivity index (χ4v) is 1.44. The van der Waals surface area contributed by atoms with Gasteiger partial charge in [0.25, 0.3) is 0 Å². The Morgan fingerprint density at radius 1 is 1.28 bits per heavy atom. The lowest BCUT2D eigenvalue weighted by atomic mass is 10.1. The molecule has 0 heterocycles. The molecule has 1 atom stereocenters. The van der Waals surface area contributed by atoms with Crippen LogP contribution in [0.1, 0.15) is 12.8 Å². The van der Waals surface area contributed by atoms with E-state index in [0.717, 1.165) is 0 Å². The molecule has 3 N–H and O–H groups in total. The molecular weight excluding hydrogens is 240 g/mol. The lowest BCUT2D eigenvalue weighted by Crippen LogP contribution is -2.47. The Labute approximate surface area is 107 Å². The largest absolute Gasteiger partial charge is 0.480 e. The van der Waals surface area contributed by atoms with Gasteiger partial charge < -0.3 is 25.2 Å². The quantitative estimate of drug-likeness (QED) is 0.505. The number of hydrogen-bond donors (Lipinski definition) is 2. The van der Waals surface area contributed by atoms with Gasteiger partial charge in [-0.05, 0) is 12.8 Å². The Bertz CT molecular complexity index is 260. The minimum Gasteiger partial charge on any atom is -0.480 e. The van der Waals surface area contributed by atoms with Gasteiger partial charge in [-0.1, -0.05) is 0 Å². The molecule has 0 fully saturated rings. The molecule has 1 amide bonds. The van der Waals surface area contributed by atoms with Crippen LogP contribution in [-0.2, 0) is 19.1 Å². The van der Waals surface area contributed by atoms with Crippen LogP contribution in [0.5, 0.6) is 0 Å². The molecule has 18 heavy (non-hydrogen) atoms. The van der Waals surface area contributed by atoms with Crippen LogP contribution in [0.4, 0.5) is 0 Å². The minimum atomic E-state index is -1.07. The molecule has 0 aliphatic heterocycles. The summed E-state index contributed by atoms with van der Waals surface area (Å²) >= 11 is 0. The third kappa shape index (κ3) is 7.21. The van der Waals surface area contributed by atoms with E-state index in [1.165, 1.54) is 12.0 Å². The lowest BCUT2D eigenvalue weighted by molar-refractivity contribution is -0.145. The van der Waals surface area contributed by atoms with Crippen molar-refractivity contribution >= 4 is 11.9 Å². The molecular formula is C11H22N2O5. The highest BCUT2D eigenvalue weighted by Crippen LogP contribution is 2.01. The van der Waals surface area contributed by atoms with Crippen LogP contribution < -0.4 is 5.73 Å². The summed E-state index contributed by atoms with van der Waals surface area (Å²) in [6, 6.07) is -0.698. The standard InChI is InChI=1S/C11H22N2O5/c1-17-6-3-4-9(12)11(16)13(5-7-18-2)8-10(14)15/h9H,3-8,12H2,1-2H3,(H,14,15). The zero-order valence-electron chi connectivity index (χ0n) is 10.9. The summed E-state index contributed by atoms with van der Waals surface area (Å²) in [6.45, 7) is 0.668. The minimum absolute atomic E-state index is 0.222. The Morgan fingerprint density at radius 3 is 2.39 bits per heavy atom. The number of nitrogens with zero attached hydrogens (tertiary/aromatic N) is 1. The predicted octanol–water partition coefficient (Wildman–Crippen LogP) is -0.700. The van der Waals surface area contributed by atoms with Gasteiger partial charge in [0.05, 0.1) is 12.6 Å². The van der Waals surface area contributed by atoms with Crippen LogP contribution in [0.15, 0.2) is 0 Å². The molecule has 0 radical (unpaired) electrons. The Hall–Kier alpha value is -1.18. The van der Waals surface area contributed by atoms with Crippen LogP contribution in [0.3, 0.4) is 0 Å². The van der Waals surface area contributed by atoms with Crippen molar-refractivity contribution in [2.75, 3.05) is 40.5 Å². The van der Waals surface area contributed by atoms with Crippen molar-refractivity contribution in [3.05, 3.63) is 0 Å². The van der Waals surface area contributed by atoms with Crippen molar-refractivity contribution in [1.82, 2.24) is 4.90 Å². The molecule has 0 aromatic carbocycles. The molecule has 0 bridgehead atoms. The van der Waals surface area contributed by atoms with Gasteiger partial charge in [-0.2, -0.15) is 0 Å². The lowest BCUT2D eigenvalue weighted by Gasteiger charge is -2.23. The second-order valence-electron chi connectivity index (χ2n) is 3.89. The van der Waals surface area contributed by atoms with E-state index in [1.54, 1.807) is 7.11 Å². The number of nitrogens with two attached hydrogens (primary N) is 1. The molecule has 0 aromatic rings. The summed E-state index contributed by atoms with van der Waals surface area (Å²) in [5, 5.41) is 8.73. The maximum Gasteiger partial charge on any atom is 0.323 e. The monoisotopic (exact) mass is 262 g/mol. The van der Waals surface area contributed by atoms with Gasteiger partial charge in [0, 0.05) is 27.4 Å². The Morgan fingerprint density at radius 2 is 1.89 bits per heavy atom. The third-order valence-electron chi connectivity index (χ3n) is 2.38. The number of carbonyl (C=O) groups is 2. The summed E-state index contributed by atoms with van der Waals surface area (Å²) in [7, 11) is 3.06. The number of hydrogen-bond acceptors (Lipinski definition) is 5. The number of aliphatic carboxylic acids is 1. The zero-order valence-corrected chi connectivity index (χ0v) is 10.9. The van der Waals surface area contributed by atoms with Gasteiger partial charge in [-0.15, -0.1) is 0 Å². The van der Waals surface area contributed by atoms with Gasteiger partial charge in [-0.25, -0.2) is 0 Å². The highest BCUT2D eigenvalue weighted by atomic mass is 16.5. The van der Waals surface area contributed by atoms with Gasteiger partial charge in [-0.3, -0.25) is 9.59 Å². The molecule has 7 heteroatoms. The van der Waals surface area contributed by atoms with Crippen molar-refractivity contribution < 1.29 is 24.2 Å². The first-order valence-electron chi connectivity index (χ1n) is 5.77. The van der Waals surface area contributed by atoms with E-state index < -0.39 is 12.0 Å². The van der Waals surface area contributed by atoms with E-state index in [1.807, 2.05) is 0 Å². The predicted molar refractivity (Wildman–Crippen MR) is 65.2 cm³/mol. The van der Waals surface area contributed by atoms with E-state index in [-0.39, 0.29) is 25.6 Å². The van der Waals surface area contributed by atoms with Gasteiger partial charge in [0.15, 0.2) is 0 Å². The van der Waals surface area contributed by atoms with Crippen molar-refractivity contribution in [2.24, 2.45) is 5.73 Å². The topological polar surface area (TPSA) is 102 Å². The van der Waals surface area contributed by atoms with Crippen LogP contribution in [0.25, 0.3) is 0 Å². The summed E-state index contributed by atoms with van der Waals surface area (Å²) in [5.74, 6) is -1.44. The number of methoxy groups -OCH3 is 2. The second-order valence-corrected chi connectivity index (χ2v) is 3.89. The summed E-state index contributed by atoms with van der Waals surface area (Å²) in [6.07, 6.45) is 1.13. The van der Waals surface area contributed by atoms with Gasteiger partial charge in [0.1, 0.15) is 6.54 Å². The van der Waals surface area contributed by atoms with Crippen molar-refractivity contribution in [3.8, 4) is 0 Å². The van der Waals surface area contributed by atoms with E-state index >= 15 is 0 Å². The number of carboxylic acids is 1. The molecule has 0 saturated heterocycles. The number of rotatable bonds is 10. The fourth-order valence-electron chi connectivity index (χ4n) is 1.44. The fraction of sp³-hybridized carbons (Fsp3) is 0.818. The van der Waals surface area contributed by atoms with Crippen LogP contribution in [0, 0.1) is 0 Å².